The Morgan fingerprint density at radius 3 is 2.90 bits per heavy atom. The number of amides is 1. The number of anilines is 1. The third-order valence-corrected chi connectivity index (χ3v) is 4.67. The van der Waals surface area contributed by atoms with E-state index in [1.165, 1.54) is 6.33 Å². The first kappa shape index (κ1) is 19.2. The third-order valence-electron chi connectivity index (χ3n) is 4.67. The minimum atomic E-state index is -0.471. The summed E-state index contributed by atoms with van der Waals surface area (Å²) < 4.78 is 7.01. The summed E-state index contributed by atoms with van der Waals surface area (Å²) in [6.45, 7) is 3.58. The molecule has 154 valence electrons. The molecule has 0 aliphatic carbocycles. The van der Waals surface area contributed by atoms with E-state index in [0.717, 1.165) is 6.21 Å². The Bertz CT molecular complexity index is 1250. The zero-order valence-corrected chi connectivity index (χ0v) is 16.8. The summed E-state index contributed by atoms with van der Waals surface area (Å²) in [5.74, 6) is 1.14. The van der Waals surface area contributed by atoms with Crippen LogP contribution in [0.1, 0.15) is 40.6 Å². The van der Waals surface area contributed by atoms with E-state index in [4.69, 9.17) is 9.93 Å². The topological polar surface area (TPSA) is 163 Å². The lowest BCUT2D eigenvalue weighted by atomic mass is 10.2. The van der Waals surface area contributed by atoms with Crippen molar-refractivity contribution in [3.63, 3.8) is 0 Å². The lowest BCUT2D eigenvalue weighted by Crippen LogP contribution is -2.27. The molecule has 12 nitrogen and oxygen atoms in total. The summed E-state index contributed by atoms with van der Waals surface area (Å²) in [5, 5.41) is 22.1. The minimum Gasteiger partial charge on any atom is -0.373 e. The van der Waals surface area contributed by atoms with Gasteiger partial charge >= 0.3 is 0 Å². The number of rotatable bonds is 6. The number of aryl methyl sites for hydroxylation is 2. The van der Waals surface area contributed by atoms with Crippen LogP contribution in [0.15, 0.2) is 16.9 Å². The van der Waals surface area contributed by atoms with Crippen molar-refractivity contribution in [1.29, 1.82) is 5.41 Å². The smallest absolute Gasteiger partial charge is 0.271 e. The average Bonchev–Trinajstić information content (AvgIpc) is 3.45. The fourth-order valence-electron chi connectivity index (χ4n) is 3.19. The zero-order chi connectivity index (χ0) is 21.4. The van der Waals surface area contributed by atoms with Crippen molar-refractivity contribution in [2.24, 2.45) is 7.05 Å². The highest BCUT2D eigenvalue weighted by molar-refractivity contribution is 6.04. The van der Waals surface area contributed by atoms with Crippen molar-refractivity contribution in [2.45, 2.75) is 19.9 Å². The van der Waals surface area contributed by atoms with Gasteiger partial charge in [-0.25, -0.2) is 15.0 Å². The maximum Gasteiger partial charge on any atom is 0.271 e. The number of hydrogen-bond acceptors (Lipinski definition) is 9. The average molecular weight is 408 g/mol. The van der Waals surface area contributed by atoms with Gasteiger partial charge in [0.1, 0.15) is 29.2 Å². The van der Waals surface area contributed by atoms with Gasteiger partial charge in [-0.1, -0.05) is 5.16 Å². The van der Waals surface area contributed by atoms with E-state index in [2.05, 4.69) is 40.8 Å². The molecule has 0 aliphatic heterocycles. The number of nitrogens with one attached hydrogen (secondary N) is 4. The van der Waals surface area contributed by atoms with Gasteiger partial charge in [-0.15, -0.1) is 0 Å². The van der Waals surface area contributed by atoms with Crippen molar-refractivity contribution in [3.8, 4) is 11.5 Å². The molecule has 4 aromatic rings. The highest BCUT2D eigenvalue weighted by Crippen LogP contribution is 2.24. The summed E-state index contributed by atoms with van der Waals surface area (Å²) >= 11 is 0. The number of imidazole rings is 1. The van der Waals surface area contributed by atoms with Crippen LogP contribution in [0.2, 0.25) is 0 Å². The van der Waals surface area contributed by atoms with Crippen LogP contribution in [-0.2, 0) is 7.05 Å². The molecule has 0 bridgehead atoms. The van der Waals surface area contributed by atoms with Crippen LogP contribution >= 0.6 is 0 Å². The van der Waals surface area contributed by atoms with Crippen molar-refractivity contribution in [1.82, 2.24) is 40.2 Å². The Morgan fingerprint density at radius 2 is 2.20 bits per heavy atom. The number of fused-ring (bicyclic) bond motifs is 1. The van der Waals surface area contributed by atoms with Gasteiger partial charge in [0.2, 0.25) is 0 Å². The van der Waals surface area contributed by atoms with E-state index in [1.54, 1.807) is 38.7 Å². The Morgan fingerprint density at radius 1 is 1.40 bits per heavy atom. The van der Waals surface area contributed by atoms with Crippen LogP contribution < -0.4 is 10.6 Å². The van der Waals surface area contributed by atoms with Gasteiger partial charge in [-0.05, 0) is 13.8 Å². The number of H-pyrrole nitrogens is 1. The molecule has 0 aromatic carbocycles. The van der Waals surface area contributed by atoms with Crippen molar-refractivity contribution < 1.29 is 9.32 Å². The van der Waals surface area contributed by atoms with Crippen LogP contribution in [0.4, 0.5) is 5.82 Å². The number of hydrogen-bond donors (Lipinski definition) is 4. The maximum absolute atomic E-state index is 12.9. The molecule has 4 heterocycles. The normalized spacial score (nSPS) is 12.1. The van der Waals surface area contributed by atoms with Gasteiger partial charge in [0.05, 0.1) is 17.1 Å². The number of aromatic nitrogens is 7. The van der Waals surface area contributed by atoms with E-state index < -0.39 is 6.04 Å². The summed E-state index contributed by atoms with van der Waals surface area (Å²) in [6, 6.07) is 1.21. The van der Waals surface area contributed by atoms with Crippen LogP contribution in [0.25, 0.3) is 22.6 Å². The third kappa shape index (κ3) is 3.17. The molecule has 0 aliphatic rings. The van der Waals surface area contributed by atoms with Gasteiger partial charge in [0, 0.05) is 26.4 Å². The number of carbonyl (C=O) groups is 1. The van der Waals surface area contributed by atoms with Gasteiger partial charge in [-0.2, -0.15) is 5.10 Å². The Hall–Kier alpha value is -4.09. The van der Waals surface area contributed by atoms with Crippen LogP contribution in [0.3, 0.4) is 0 Å². The number of carbonyl (C=O) groups excluding carboxylic acids is 1. The van der Waals surface area contributed by atoms with E-state index >= 15 is 0 Å². The van der Waals surface area contributed by atoms with Gasteiger partial charge < -0.3 is 25.5 Å². The molecule has 30 heavy (non-hydrogen) atoms. The maximum atomic E-state index is 12.9. The van der Waals surface area contributed by atoms with E-state index in [9.17, 15) is 4.79 Å². The first-order valence-corrected chi connectivity index (χ1v) is 9.13. The van der Waals surface area contributed by atoms with E-state index in [-0.39, 0.29) is 11.6 Å². The highest BCUT2D eigenvalue weighted by Gasteiger charge is 2.22. The molecule has 0 saturated heterocycles. The standard InChI is InChI=1S/C18H20N10O2/c1-8(12-5-10(27-30-12)16-24-11(6-19)15(20-3)25-16)23-18(29)14-13-9(2)26-28(4)17(13)22-7-21-14/h5-8,19-20H,1-4H3,(H,23,29)(H,24,25)/t8-/m1/s1. The SMILES string of the molecule is CNc1[nH]c(-c2cc([C@@H](C)NC(=O)c3ncnc4c3c(C)nn4C)on2)nc1C=N. The van der Waals surface area contributed by atoms with Crippen molar-refractivity contribution in [3.05, 3.63) is 35.2 Å². The molecule has 0 radical (unpaired) electrons. The fourth-order valence-corrected chi connectivity index (χ4v) is 3.19. The second-order valence-corrected chi connectivity index (χ2v) is 6.68. The van der Waals surface area contributed by atoms with Gasteiger partial charge in [0.25, 0.3) is 5.91 Å². The Balaban J connectivity index is 1.57. The first-order chi connectivity index (χ1) is 14.4. The van der Waals surface area contributed by atoms with Gasteiger partial charge in [-0.3, -0.25) is 9.48 Å². The summed E-state index contributed by atoms with van der Waals surface area (Å²) in [5.41, 5.74) is 2.43. The molecule has 1 amide bonds. The molecule has 0 unspecified atom stereocenters. The first-order valence-electron chi connectivity index (χ1n) is 9.13. The summed E-state index contributed by atoms with van der Waals surface area (Å²) in [7, 11) is 3.49. The monoisotopic (exact) mass is 408 g/mol. The van der Waals surface area contributed by atoms with E-state index in [1.807, 2.05) is 0 Å². The zero-order valence-electron chi connectivity index (χ0n) is 16.8. The predicted molar refractivity (Wildman–Crippen MR) is 108 cm³/mol. The van der Waals surface area contributed by atoms with Crippen LogP contribution in [0, 0.1) is 12.3 Å². The van der Waals surface area contributed by atoms with Crippen LogP contribution in [-0.4, -0.2) is 54.0 Å². The second kappa shape index (κ2) is 7.39. The predicted octanol–water partition coefficient (Wildman–Crippen LogP) is 1.58. The van der Waals surface area contributed by atoms with Crippen LogP contribution in [0.5, 0.6) is 0 Å². The second-order valence-electron chi connectivity index (χ2n) is 6.68. The Kier molecular flexibility index (Phi) is 4.74. The summed E-state index contributed by atoms with van der Waals surface area (Å²) in [4.78, 5) is 28.5. The molecule has 0 saturated carbocycles. The Labute approximate surface area is 170 Å². The highest BCUT2D eigenvalue weighted by atomic mass is 16.5. The van der Waals surface area contributed by atoms with Crippen molar-refractivity contribution >= 4 is 29.0 Å². The fraction of sp³-hybridized carbons (Fsp3) is 0.278. The molecule has 0 fully saturated rings. The molecule has 4 rings (SSSR count). The number of nitrogens with zero attached hydrogens (tertiary/aromatic N) is 6. The largest absolute Gasteiger partial charge is 0.373 e. The van der Waals surface area contributed by atoms with Crippen molar-refractivity contribution in [2.75, 3.05) is 12.4 Å². The van der Waals surface area contributed by atoms with E-state index in [0.29, 0.717) is 45.5 Å². The minimum absolute atomic E-state index is 0.248. The molecular weight excluding hydrogens is 388 g/mol. The number of aromatic amines is 1. The lowest BCUT2D eigenvalue weighted by molar-refractivity contribution is 0.0930. The molecule has 0 spiro atoms. The quantitative estimate of drug-likeness (QED) is 0.349. The molecule has 1 atom stereocenters. The molecule has 4 aromatic heterocycles. The lowest BCUT2D eigenvalue weighted by Gasteiger charge is -2.10. The molecule has 4 N–H and O–H groups in total. The molecule has 12 heteroatoms. The molecular formula is C18H20N10O2. The van der Waals surface area contributed by atoms with Gasteiger partial charge in [0.15, 0.2) is 17.2 Å². The summed E-state index contributed by atoms with van der Waals surface area (Å²) in [6.07, 6.45) is 2.48.